The smallest absolute Gasteiger partial charge is 0.0693 e. The summed E-state index contributed by atoms with van der Waals surface area (Å²) >= 11 is 3.43. The summed E-state index contributed by atoms with van der Waals surface area (Å²) in [4.78, 5) is 0. The van der Waals surface area contributed by atoms with Crippen LogP contribution in [0.5, 0.6) is 0 Å². The Morgan fingerprint density at radius 2 is 2.00 bits per heavy atom. The van der Waals surface area contributed by atoms with E-state index in [0.717, 1.165) is 23.7 Å². The minimum Gasteiger partial charge on any atom is -0.392 e. The summed E-state index contributed by atoms with van der Waals surface area (Å²) in [5.41, 5.74) is 1.27. The summed E-state index contributed by atoms with van der Waals surface area (Å²) in [6, 6.07) is 8.90. The average Bonchev–Trinajstić information content (AvgIpc) is 2.65. The Labute approximate surface area is 105 Å². The Hall–Kier alpha value is -0.380. The molecule has 88 valence electrons. The Bertz CT molecular complexity index is 338. The standard InChI is InChI=1S/C13H18BrNO/c1-9(10-5-7-11(14)8-6-10)15-12-3-2-4-13(12)16/h5-9,12-13,15-16H,2-4H2,1H3/t9-,12-,13-/m0/s1. The second-order valence-corrected chi connectivity index (χ2v) is 5.46. The number of aliphatic hydroxyl groups excluding tert-OH is 1. The molecule has 0 bridgehead atoms. The zero-order valence-corrected chi connectivity index (χ0v) is 11.1. The molecular formula is C13H18BrNO. The number of benzene rings is 1. The summed E-state index contributed by atoms with van der Waals surface area (Å²) in [5, 5.41) is 13.3. The number of rotatable bonds is 3. The van der Waals surface area contributed by atoms with Crippen molar-refractivity contribution in [2.45, 2.75) is 44.4 Å². The van der Waals surface area contributed by atoms with Crippen LogP contribution in [-0.2, 0) is 0 Å². The van der Waals surface area contributed by atoms with Crippen molar-refractivity contribution in [1.82, 2.24) is 5.32 Å². The van der Waals surface area contributed by atoms with Crippen molar-refractivity contribution in [2.24, 2.45) is 0 Å². The van der Waals surface area contributed by atoms with Gasteiger partial charge in [-0.2, -0.15) is 0 Å². The van der Waals surface area contributed by atoms with E-state index in [1.54, 1.807) is 0 Å². The molecule has 1 aromatic rings. The van der Waals surface area contributed by atoms with Gasteiger partial charge in [0.2, 0.25) is 0 Å². The van der Waals surface area contributed by atoms with E-state index >= 15 is 0 Å². The van der Waals surface area contributed by atoms with Crippen LogP contribution in [0.4, 0.5) is 0 Å². The van der Waals surface area contributed by atoms with E-state index in [-0.39, 0.29) is 12.1 Å². The van der Waals surface area contributed by atoms with E-state index in [2.05, 4.69) is 52.4 Å². The zero-order chi connectivity index (χ0) is 11.5. The fourth-order valence-corrected chi connectivity index (χ4v) is 2.57. The van der Waals surface area contributed by atoms with Crippen molar-refractivity contribution in [1.29, 1.82) is 0 Å². The lowest BCUT2D eigenvalue weighted by molar-refractivity contribution is 0.144. The molecule has 1 saturated carbocycles. The molecule has 0 amide bonds. The van der Waals surface area contributed by atoms with Gasteiger partial charge in [0.15, 0.2) is 0 Å². The van der Waals surface area contributed by atoms with Crippen LogP contribution < -0.4 is 5.32 Å². The maximum atomic E-state index is 9.76. The first-order valence-electron chi connectivity index (χ1n) is 5.86. The average molecular weight is 284 g/mol. The highest BCUT2D eigenvalue weighted by atomic mass is 79.9. The van der Waals surface area contributed by atoms with Gasteiger partial charge in [0.25, 0.3) is 0 Å². The Balaban J connectivity index is 1.97. The number of aliphatic hydroxyl groups is 1. The summed E-state index contributed by atoms with van der Waals surface area (Å²) in [7, 11) is 0. The summed E-state index contributed by atoms with van der Waals surface area (Å²) in [6.45, 7) is 2.15. The molecule has 1 aliphatic carbocycles. The molecule has 0 aliphatic heterocycles. The molecule has 3 atom stereocenters. The van der Waals surface area contributed by atoms with Gasteiger partial charge in [-0.15, -0.1) is 0 Å². The number of halogens is 1. The first kappa shape index (κ1) is 12.1. The van der Waals surface area contributed by atoms with Gasteiger partial charge >= 0.3 is 0 Å². The van der Waals surface area contributed by atoms with Gasteiger partial charge in [-0.1, -0.05) is 28.1 Å². The summed E-state index contributed by atoms with van der Waals surface area (Å²) < 4.78 is 1.10. The molecule has 1 aromatic carbocycles. The maximum Gasteiger partial charge on any atom is 0.0693 e. The van der Waals surface area contributed by atoms with E-state index in [1.807, 2.05) is 0 Å². The van der Waals surface area contributed by atoms with Crippen molar-refractivity contribution in [3.05, 3.63) is 34.3 Å². The normalized spacial score (nSPS) is 26.9. The molecule has 3 heteroatoms. The lowest BCUT2D eigenvalue weighted by atomic mass is 10.1. The van der Waals surface area contributed by atoms with Crippen LogP contribution >= 0.6 is 15.9 Å². The molecule has 0 saturated heterocycles. The molecule has 1 aliphatic rings. The fraction of sp³-hybridized carbons (Fsp3) is 0.538. The molecular weight excluding hydrogens is 266 g/mol. The van der Waals surface area contributed by atoms with Crippen LogP contribution in [0.25, 0.3) is 0 Å². The third-order valence-electron chi connectivity index (χ3n) is 3.31. The number of nitrogens with one attached hydrogen (secondary N) is 1. The second kappa shape index (κ2) is 5.30. The van der Waals surface area contributed by atoms with Gasteiger partial charge in [-0.3, -0.25) is 0 Å². The molecule has 16 heavy (non-hydrogen) atoms. The van der Waals surface area contributed by atoms with Crippen LogP contribution in [0, 0.1) is 0 Å². The first-order chi connectivity index (χ1) is 7.66. The third-order valence-corrected chi connectivity index (χ3v) is 3.84. The molecule has 0 unspecified atom stereocenters. The topological polar surface area (TPSA) is 32.3 Å². The van der Waals surface area contributed by atoms with Crippen LogP contribution in [0.3, 0.4) is 0 Å². The molecule has 2 N–H and O–H groups in total. The predicted molar refractivity (Wildman–Crippen MR) is 69.3 cm³/mol. The highest BCUT2D eigenvalue weighted by Crippen LogP contribution is 2.23. The maximum absolute atomic E-state index is 9.76. The lowest BCUT2D eigenvalue weighted by Gasteiger charge is -2.22. The van der Waals surface area contributed by atoms with Crippen LogP contribution in [0.2, 0.25) is 0 Å². The Morgan fingerprint density at radius 1 is 1.31 bits per heavy atom. The third kappa shape index (κ3) is 2.84. The zero-order valence-electron chi connectivity index (χ0n) is 9.49. The van der Waals surface area contributed by atoms with Crippen molar-refractivity contribution < 1.29 is 5.11 Å². The molecule has 2 rings (SSSR count). The largest absolute Gasteiger partial charge is 0.392 e. The summed E-state index contributed by atoms with van der Waals surface area (Å²) in [6.07, 6.45) is 2.98. The van der Waals surface area contributed by atoms with E-state index in [1.165, 1.54) is 5.56 Å². The monoisotopic (exact) mass is 283 g/mol. The molecule has 0 spiro atoms. The quantitative estimate of drug-likeness (QED) is 0.894. The molecule has 0 aromatic heterocycles. The molecule has 2 nitrogen and oxygen atoms in total. The number of hydrogen-bond acceptors (Lipinski definition) is 2. The highest BCUT2D eigenvalue weighted by Gasteiger charge is 2.26. The van der Waals surface area contributed by atoms with E-state index in [4.69, 9.17) is 0 Å². The Morgan fingerprint density at radius 3 is 2.56 bits per heavy atom. The van der Waals surface area contributed by atoms with Crippen molar-refractivity contribution in [3.63, 3.8) is 0 Å². The fourth-order valence-electron chi connectivity index (χ4n) is 2.30. The Kier molecular flexibility index (Phi) is 4.00. The van der Waals surface area contributed by atoms with Crippen molar-refractivity contribution in [3.8, 4) is 0 Å². The first-order valence-corrected chi connectivity index (χ1v) is 6.65. The van der Waals surface area contributed by atoms with Crippen LogP contribution in [0.1, 0.15) is 37.8 Å². The van der Waals surface area contributed by atoms with Gasteiger partial charge < -0.3 is 10.4 Å². The van der Waals surface area contributed by atoms with Crippen LogP contribution in [-0.4, -0.2) is 17.3 Å². The van der Waals surface area contributed by atoms with Gasteiger partial charge in [0.1, 0.15) is 0 Å². The van der Waals surface area contributed by atoms with Crippen molar-refractivity contribution >= 4 is 15.9 Å². The SMILES string of the molecule is C[C@H](N[C@H]1CCC[C@@H]1O)c1ccc(Br)cc1. The highest BCUT2D eigenvalue weighted by molar-refractivity contribution is 9.10. The molecule has 1 fully saturated rings. The van der Waals surface area contributed by atoms with Gasteiger partial charge in [-0.25, -0.2) is 0 Å². The van der Waals surface area contributed by atoms with E-state index in [9.17, 15) is 5.11 Å². The minimum absolute atomic E-state index is 0.169. The van der Waals surface area contributed by atoms with Gasteiger partial charge in [0, 0.05) is 16.6 Å². The predicted octanol–water partition coefficient (Wildman–Crippen LogP) is 3.01. The summed E-state index contributed by atoms with van der Waals surface area (Å²) in [5.74, 6) is 0. The second-order valence-electron chi connectivity index (χ2n) is 4.54. The van der Waals surface area contributed by atoms with Crippen LogP contribution in [0.15, 0.2) is 28.7 Å². The lowest BCUT2D eigenvalue weighted by Crippen LogP contribution is -2.37. The van der Waals surface area contributed by atoms with Crippen molar-refractivity contribution in [2.75, 3.05) is 0 Å². The minimum atomic E-state index is -0.169. The van der Waals surface area contributed by atoms with Gasteiger partial charge in [0.05, 0.1) is 6.10 Å². The number of hydrogen-bond donors (Lipinski definition) is 2. The molecule has 0 radical (unpaired) electrons. The van der Waals surface area contributed by atoms with E-state index in [0.29, 0.717) is 6.04 Å². The van der Waals surface area contributed by atoms with E-state index < -0.39 is 0 Å². The van der Waals surface area contributed by atoms with Gasteiger partial charge in [-0.05, 0) is 43.9 Å². The molecule has 0 heterocycles.